The average molecular weight is 181 g/mol. The monoisotopic (exact) mass is 181 g/mol. The first-order valence-electron chi connectivity index (χ1n) is 4.45. The van der Waals surface area contributed by atoms with E-state index in [1.807, 2.05) is 34.6 Å². The van der Waals surface area contributed by atoms with E-state index in [9.17, 15) is 4.79 Å². The molecular formula is C11H19NO. The van der Waals surface area contributed by atoms with Gasteiger partial charge in [0.15, 0.2) is 0 Å². The molecule has 0 aromatic rings. The van der Waals surface area contributed by atoms with Gasteiger partial charge in [0, 0.05) is 12.3 Å². The molecule has 0 saturated heterocycles. The molecule has 0 aromatic carbocycles. The van der Waals surface area contributed by atoms with Gasteiger partial charge in [-0.15, -0.1) is 0 Å². The summed E-state index contributed by atoms with van der Waals surface area (Å²) in [4.78, 5) is 10.8. The van der Waals surface area contributed by atoms with Gasteiger partial charge in [0.2, 0.25) is 5.91 Å². The quantitative estimate of drug-likeness (QED) is 0.615. The van der Waals surface area contributed by atoms with Gasteiger partial charge in [-0.25, -0.2) is 0 Å². The Hall–Kier alpha value is -0.970. The number of rotatable bonds is 1. The van der Waals surface area contributed by atoms with Crippen LogP contribution in [0.5, 0.6) is 0 Å². The lowest BCUT2D eigenvalue weighted by molar-refractivity contribution is -0.119. The molecule has 0 bridgehead atoms. The third-order valence-corrected chi connectivity index (χ3v) is 1.24. The SMILES string of the molecule is CC(=O)NC(C)(C)C#CC(C)(C)C. The molecule has 0 aromatic heterocycles. The Balaban J connectivity index is 4.46. The molecule has 0 aliphatic heterocycles. The van der Waals surface area contributed by atoms with Gasteiger partial charge >= 0.3 is 0 Å². The number of amides is 1. The minimum absolute atomic E-state index is 0.0181. The molecule has 1 N–H and O–H groups in total. The van der Waals surface area contributed by atoms with Crippen LogP contribution < -0.4 is 5.32 Å². The van der Waals surface area contributed by atoms with E-state index >= 15 is 0 Å². The second kappa shape index (κ2) is 3.83. The van der Waals surface area contributed by atoms with Gasteiger partial charge in [-0.1, -0.05) is 11.8 Å². The van der Waals surface area contributed by atoms with Crippen LogP contribution in [0.3, 0.4) is 0 Å². The molecule has 13 heavy (non-hydrogen) atoms. The Kier molecular flexibility index (Phi) is 3.54. The van der Waals surface area contributed by atoms with Gasteiger partial charge in [0.05, 0.1) is 5.54 Å². The van der Waals surface area contributed by atoms with E-state index in [1.165, 1.54) is 6.92 Å². The minimum atomic E-state index is -0.431. The van der Waals surface area contributed by atoms with Gasteiger partial charge in [-0.2, -0.15) is 0 Å². The van der Waals surface area contributed by atoms with Crippen LogP contribution in [-0.2, 0) is 4.79 Å². The van der Waals surface area contributed by atoms with E-state index in [2.05, 4.69) is 17.2 Å². The zero-order valence-corrected chi connectivity index (χ0v) is 9.41. The highest BCUT2D eigenvalue weighted by Gasteiger charge is 2.15. The summed E-state index contributed by atoms with van der Waals surface area (Å²) in [5, 5.41) is 2.78. The summed E-state index contributed by atoms with van der Waals surface area (Å²) < 4.78 is 0. The van der Waals surface area contributed by atoms with Crippen LogP contribution >= 0.6 is 0 Å². The predicted octanol–water partition coefficient (Wildman–Crippen LogP) is 1.95. The maximum absolute atomic E-state index is 10.8. The van der Waals surface area contributed by atoms with Gasteiger partial charge < -0.3 is 5.32 Å². The van der Waals surface area contributed by atoms with Crippen LogP contribution in [0.1, 0.15) is 41.5 Å². The van der Waals surface area contributed by atoms with E-state index in [0.717, 1.165) is 0 Å². The van der Waals surface area contributed by atoms with Crippen LogP contribution in [0, 0.1) is 17.3 Å². The third-order valence-electron chi connectivity index (χ3n) is 1.24. The summed E-state index contributed by atoms with van der Waals surface area (Å²) in [6.07, 6.45) is 0. The summed E-state index contributed by atoms with van der Waals surface area (Å²) in [6.45, 7) is 11.4. The molecule has 0 saturated carbocycles. The summed E-state index contributed by atoms with van der Waals surface area (Å²) in [5.41, 5.74) is -0.450. The summed E-state index contributed by atoms with van der Waals surface area (Å²) in [6, 6.07) is 0. The number of hydrogen-bond donors (Lipinski definition) is 1. The molecular weight excluding hydrogens is 162 g/mol. The van der Waals surface area contributed by atoms with Crippen molar-refractivity contribution in [3.05, 3.63) is 0 Å². The first-order chi connectivity index (χ1) is 5.62. The van der Waals surface area contributed by atoms with Crippen LogP contribution in [0.4, 0.5) is 0 Å². The van der Waals surface area contributed by atoms with Crippen molar-refractivity contribution in [1.29, 1.82) is 0 Å². The smallest absolute Gasteiger partial charge is 0.218 e. The molecule has 2 heteroatoms. The van der Waals surface area contributed by atoms with E-state index in [0.29, 0.717) is 0 Å². The maximum atomic E-state index is 10.8. The van der Waals surface area contributed by atoms with Gasteiger partial charge in [0.25, 0.3) is 0 Å². The zero-order chi connectivity index (χ0) is 10.7. The summed E-state index contributed by atoms with van der Waals surface area (Å²) >= 11 is 0. The van der Waals surface area contributed by atoms with Crippen molar-refractivity contribution in [2.24, 2.45) is 5.41 Å². The Labute approximate surface area is 81.1 Å². The Morgan fingerprint density at radius 1 is 1.08 bits per heavy atom. The van der Waals surface area contributed by atoms with Crippen molar-refractivity contribution in [2.75, 3.05) is 0 Å². The van der Waals surface area contributed by atoms with E-state index in [1.54, 1.807) is 0 Å². The fourth-order valence-electron chi connectivity index (χ4n) is 0.815. The topological polar surface area (TPSA) is 29.1 Å². The number of carbonyl (C=O) groups is 1. The lowest BCUT2D eigenvalue weighted by Gasteiger charge is -2.19. The van der Waals surface area contributed by atoms with Crippen LogP contribution in [0.15, 0.2) is 0 Å². The third kappa shape index (κ3) is 7.39. The van der Waals surface area contributed by atoms with E-state index < -0.39 is 5.54 Å². The molecule has 0 radical (unpaired) electrons. The molecule has 0 unspecified atom stereocenters. The first-order valence-corrected chi connectivity index (χ1v) is 4.45. The van der Waals surface area contributed by atoms with Crippen molar-refractivity contribution >= 4 is 5.91 Å². The van der Waals surface area contributed by atoms with Crippen LogP contribution in [-0.4, -0.2) is 11.4 Å². The standard InChI is InChI=1S/C11H19NO/c1-9(13)12-11(5,6)8-7-10(2,3)4/h1-6H3,(H,12,13). The summed E-state index contributed by atoms with van der Waals surface area (Å²) in [7, 11) is 0. The maximum Gasteiger partial charge on any atom is 0.218 e. The molecule has 0 aliphatic rings. The number of nitrogens with one attached hydrogen (secondary N) is 1. The second-order valence-electron chi connectivity index (χ2n) is 4.81. The van der Waals surface area contributed by atoms with Crippen molar-refractivity contribution in [3.8, 4) is 11.8 Å². The minimum Gasteiger partial charge on any atom is -0.341 e. The molecule has 1 amide bonds. The number of carbonyl (C=O) groups excluding carboxylic acids is 1. The lowest BCUT2D eigenvalue weighted by atomic mass is 9.95. The van der Waals surface area contributed by atoms with Gasteiger partial charge in [-0.3, -0.25) is 4.79 Å². The average Bonchev–Trinajstić information content (AvgIpc) is 1.79. The molecule has 0 aliphatic carbocycles. The van der Waals surface area contributed by atoms with Crippen molar-refractivity contribution in [3.63, 3.8) is 0 Å². The zero-order valence-electron chi connectivity index (χ0n) is 9.41. The molecule has 2 nitrogen and oxygen atoms in total. The molecule has 0 heterocycles. The Bertz CT molecular complexity index is 247. The van der Waals surface area contributed by atoms with E-state index in [-0.39, 0.29) is 11.3 Å². The molecule has 0 fully saturated rings. The van der Waals surface area contributed by atoms with Crippen molar-refractivity contribution in [1.82, 2.24) is 5.32 Å². The number of hydrogen-bond acceptors (Lipinski definition) is 1. The second-order valence-corrected chi connectivity index (χ2v) is 4.81. The normalized spacial score (nSPS) is 11.5. The largest absolute Gasteiger partial charge is 0.341 e. The Morgan fingerprint density at radius 2 is 1.54 bits per heavy atom. The van der Waals surface area contributed by atoms with Crippen LogP contribution in [0.25, 0.3) is 0 Å². The molecule has 0 rings (SSSR count). The Morgan fingerprint density at radius 3 is 1.85 bits per heavy atom. The van der Waals surface area contributed by atoms with Crippen molar-refractivity contribution in [2.45, 2.75) is 47.1 Å². The highest BCUT2D eigenvalue weighted by molar-refractivity contribution is 5.74. The molecule has 0 spiro atoms. The first kappa shape index (κ1) is 12.0. The van der Waals surface area contributed by atoms with E-state index in [4.69, 9.17) is 0 Å². The highest BCUT2D eigenvalue weighted by atomic mass is 16.1. The predicted molar refractivity (Wildman–Crippen MR) is 55.1 cm³/mol. The fraction of sp³-hybridized carbons (Fsp3) is 0.727. The summed E-state index contributed by atoms with van der Waals surface area (Å²) in [5.74, 6) is 6.10. The lowest BCUT2D eigenvalue weighted by Crippen LogP contribution is -2.41. The van der Waals surface area contributed by atoms with Gasteiger partial charge in [-0.05, 0) is 34.6 Å². The van der Waals surface area contributed by atoms with Crippen molar-refractivity contribution < 1.29 is 4.79 Å². The fourth-order valence-corrected chi connectivity index (χ4v) is 0.815. The van der Waals surface area contributed by atoms with Crippen LogP contribution in [0.2, 0.25) is 0 Å². The van der Waals surface area contributed by atoms with Gasteiger partial charge in [0.1, 0.15) is 0 Å². The highest BCUT2D eigenvalue weighted by Crippen LogP contribution is 2.11. The molecule has 0 atom stereocenters. The molecule has 74 valence electrons.